The highest BCUT2D eigenvalue weighted by Crippen LogP contribution is 2.45. The molecule has 0 bridgehead atoms. The van der Waals surface area contributed by atoms with Gasteiger partial charge in [-0.2, -0.15) is 13.2 Å². The van der Waals surface area contributed by atoms with E-state index < -0.39 is 30.6 Å². The summed E-state index contributed by atoms with van der Waals surface area (Å²) in [6, 6.07) is 0. The molecule has 2 nitrogen and oxygen atoms in total. The van der Waals surface area contributed by atoms with Crippen molar-refractivity contribution in [3.63, 3.8) is 0 Å². The summed E-state index contributed by atoms with van der Waals surface area (Å²) in [6.45, 7) is 0.846. The van der Waals surface area contributed by atoms with Gasteiger partial charge in [0.05, 0.1) is 19.5 Å². The van der Waals surface area contributed by atoms with Gasteiger partial charge < -0.3 is 4.74 Å². The van der Waals surface area contributed by atoms with Gasteiger partial charge in [0.25, 0.3) is 0 Å². The third-order valence-electron chi connectivity index (χ3n) is 3.39. The summed E-state index contributed by atoms with van der Waals surface area (Å²) in [5.41, 5.74) is -0.994. The second-order valence-electron chi connectivity index (χ2n) is 4.76. The predicted octanol–water partition coefficient (Wildman–Crippen LogP) is 3.84. The van der Waals surface area contributed by atoms with Crippen molar-refractivity contribution in [2.24, 2.45) is 0 Å². The summed E-state index contributed by atoms with van der Waals surface area (Å²) in [7, 11) is 0. The van der Waals surface area contributed by atoms with Crippen molar-refractivity contribution in [1.29, 1.82) is 0 Å². The molecule has 2 atom stereocenters. The molecular weight excluding hydrogens is 281 g/mol. The number of pyridine rings is 1. The van der Waals surface area contributed by atoms with E-state index in [2.05, 4.69) is 4.98 Å². The molecule has 0 fully saturated rings. The molecule has 112 valence electrons. The maximum absolute atomic E-state index is 13.7. The van der Waals surface area contributed by atoms with Crippen LogP contribution in [0.3, 0.4) is 0 Å². The zero-order valence-corrected chi connectivity index (χ0v) is 10.8. The monoisotopic (exact) mass is 295 g/mol. The number of fused-ring (bicyclic) bond motifs is 1. The molecule has 0 aromatic carbocycles. The molecule has 1 aliphatic rings. The molecule has 0 spiro atoms. The lowest BCUT2D eigenvalue weighted by molar-refractivity contribution is -0.142. The molecule has 0 aliphatic heterocycles. The quantitative estimate of drug-likeness (QED) is 0.622. The summed E-state index contributed by atoms with van der Waals surface area (Å²) in [6.07, 6.45) is -5.07. The molecule has 0 unspecified atom stereocenters. The Morgan fingerprint density at radius 2 is 2.10 bits per heavy atom. The molecule has 1 aromatic rings. The first kappa shape index (κ1) is 15.0. The standard InChI is InChI=1S/C13H14F5NO/c1-7-9(15)5-8-10(20-4-2-3-14)6-19-12(11(7)8)13(16,17)18/h6-7,9H,2-5H2,1H3/t7-,9-/m1/s1. The van der Waals surface area contributed by atoms with Crippen molar-refractivity contribution in [2.75, 3.05) is 13.3 Å². The largest absolute Gasteiger partial charge is 0.492 e. The molecule has 1 heterocycles. The van der Waals surface area contributed by atoms with Crippen LogP contribution in [-0.2, 0) is 12.6 Å². The van der Waals surface area contributed by atoms with E-state index in [4.69, 9.17) is 4.74 Å². The van der Waals surface area contributed by atoms with Crippen LogP contribution in [-0.4, -0.2) is 24.4 Å². The first-order valence-electron chi connectivity index (χ1n) is 6.28. The zero-order chi connectivity index (χ0) is 14.9. The second kappa shape index (κ2) is 5.54. The van der Waals surface area contributed by atoms with Gasteiger partial charge in [-0.15, -0.1) is 0 Å². The SMILES string of the molecule is C[C@H]1c2c(C(F)(F)F)ncc(OCCCF)c2C[C@H]1F. The number of hydrogen-bond donors (Lipinski definition) is 0. The lowest BCUT2D eigenvalue weighted by Crippen LogP contribution is -2.15. The molecule has 1 aliphatic carbocycles. The first-order chi connectivity index (χ1) is 9.36. The molecule has 0 N–H and O–H groups in total. The topological polar surface area (TPSA) is 22.1 Å². The van der Waals surface area contributed by atoms with Gasteiger partial charge >= 0.3 is 6.18 Å². The molecule has 0 saturated heterocycles. The Labute approximate surface area is 113 Å². The fraction of sp³-hybridized carbons (Fsp3) is 0.615. The summed E-state index contributed by atoms with van der Waals surface area (Å²) < 4.78 is 69.7. The first-order valence-corrected chi connectivity index (χ1v) is 6.28. The van der Waals surface area contributed by atoms with E-state index in [1.807, 2.05) is 0 Å². The minimum absolute atomic E-state index is 0.0291. The van der Waals surface area contributed by atoms with E-state index in [1.54, 1.807) is 0 Å². The Bertz CT molecular complexity index is 488. The van der Waals surface area contributed by atoms with Crippen LogP contribution >= 0.6 is 0 Å². The van der Waals surface area contributed by atoms with Gasteiger partial charge in [-0.25, -0.2) is 9.37 Å². The van der Waals surface area contributed by atoms with Gasteiger partial charge in [0, 0.05) is 24.3 Å². The molecular formula is C13H14F5NO. The van der Waals surface area contributed by atoms with E-state index in [-0.39, 0.29) is 36.3 Å². The van der Waals surface area contributed by atoms with E-state index in [1.165, 1.54) is 6.92 Å². The average Bonchev–Trinajstić information content (AvgIpc) is 2.66. The number of halogens is 5. The second-order valence-corrected chi connectivity index (χ2v) is 4.76. The average molecular weight is 295 g/mol. The third kappa shape index (κ3) is 2.71. The lowest BCUT2D eigenvalue weighted by Gasteiger charge is -2.16. The molecule has 0 radical (unpaired) electrons. The highest BCUT2D eigenvalue weighted by molar-refractivity contribution is 5.48. The smallest absolute Gasteiger partial charge is 0.433 e. The number of alkyl halides is 5. The maximum atomic E-state index is 13.7. The fourth-order valence-corrected chi connectivity index (χ4v) is 2.39. The number of nitrogens with zero attached hydrogens (tertiary/aromatic N) is 1. The van der Waals surface area contributed by atoms with Crippen LogP contribution in [0.15, 0.2) is 6.20 Å². The summed E-state index contributed by atoms with van der Waals surface area (Å²) in [5, 5.41) is 0. The van der Waals surface area contributed by atoms with Crippen molar-refractivity contribution in [1.82, 2.24) is 4.98 Å². The van der Waals surface area contributed by atoms with Gasteiger partial charge in [-0.05, 0) is 5.56 Å². The Hall–Kier alpha value is -1.40. The Morgan fingerprint density at radius 3 is 2.70 bits per heavy atom. The van der Waals surface area contributed by atoms with Gasteiger partial charge in [-0.1, -0.05) is 6.92 Å². The van der Waals surface area contributed by atoms with E-state index in [9.17, 15) is 22.0 Å². The predicted molar refractivity (Wildman–Crippen MR) is 62.3 cm³/mol. The van der Waals surface area contributed by atoms with Crippen molar-refractivity contribution in [3.8, 4) is 5.75 Å². The van der Waals surface area contributed by atoms with E-state index in [0.29, 0.717) is 0 Å². The van der Waals surface area contributed by atoms with Crippen molar-refractivity contribution in [2.45, 2.75) is 38.0 Å². The molecule has 0 saturated carbocycles. The van der Waals surface area contributed by atoms with Crippen molar-refractivity contribution in [3.05, 3.63) is 23.0 Å². The highest BCUT2D eigenvalue weighted by atomic mass is 19.4. The number of rotatable bonds is 4. The zero-order valence-electron chi connectivity index (χ0n) is 10.8. The number of hydrogen-bond acceptors (Lipinski definition) is 2. The molecule has 20 heavy (non-hydrogen) atoms. The van der Waals surface area contributed by atoms with Gasteiger partial charge in [0.1, 0.15) is 17.6 Å². The Kier molecular flexibility index (Phi) is 4.15. The minimum Gasteiger partial charge on any atom is -0.492 e. The summed E-state index contributed by atoms with van der Waals surface area (Å²) in [5.74, 6) is -0.757. The van der Waals surface area contributed by atoms with Gasteiger partial charge in [0.2, 0.25) is 0 Å². The molecule has 2 rings (SSSR count). The van der Waals surface area contributed by atoms with Crippen LogP contribution in [0.5, 0.6) is 5.75 Å². The van der Waals surface area contributed by atoms with Crippen molar-refractivity contribution >= 4 is 0 Å². The Morgan fingerprint density at radius 1 is 1.40 bits per heavy atom. The lowest BCUT2D eigenvalue weighted by atomic mass is 10.0. The molecule has 7 heteroatoms. The maximum Gasteiger partial charge on any atom is 0.433 e. The van der Waals surface area contributed by atoms with Crippen molar-refractivity contribution < 1.29 is 26.7 Å². The highest BCUT2D eigenvalue weighted by Gasteiger charge is 2.43. The Balaban J connectivity index is 2.40. The third-order valence-corrected chi connectivity index (χ3v) is 3.39. The van der Waals surface area contributed by atoms with Crippen LogP contribution in [0, 0.1) is 0 Å². The van der Waals surface area contributed by atoms with E-state index >= 15 is 0 Å². The molecule has 0 amide bonds. The normalized spacial score (nSPS) is 21.9. The number of ether oxygens (including phenoxy) is 1. The van der Waals surface area contributed by atoms with Crippen LogP contribution in [0.25, 0.3) is 0 Å². The summed E-state index contributed by atoms with van der Waals surface area (Å²) in [4.78, 5) is 3.37. The van der Waals surface area contributed by atoms with Crippen LogP contribution in [0.4, 0.5) is 22.0 Å². The molecule has 1 aromatic heterocycles. The van der Waals surface area contributed by atoms with Gasteiger partial charge in [-0.3, -0.25) is 4.39 Å². The minimum atomic E-state index is -4.63. The van der Waals surface area contributed by atoms with Gasteiger partial charge in [0.15, 0.2) is 0 Å². The van der Waals surface area contributed by atoms with Crippen LogP contribution < -0.4 is 4.74 Å². The summed E-state index contributed by atoms with van der Waals surface area (Å²) >= 11 is 0. The van der Waals surface area contributed by atoms with Crippen LogP contribution in [0.1, 0.15) is 36.1 Å². The van der Waals surface area contributed by atoms with E-state index in [0.717, 1.165) is 6.20 Å². The van der Waals surface area contributed by atoms with Crippen LogP contribution in [0.2, 0.25) is 0 Å². The number of aromatic nitrogens is 1. The fourth-order valence-electron chi connectivity index (χ4n) is 2.39.